The van der Waals surface area contributed by atoms with E-state index in [0.29, 0.717) is 17.9 Å². The average molecular weight is 259 g/mol. The fraction of sp³-hybridized carbons (Fsp3) is 0.429. The number of nitrogens with zero attached hydrogens (tertiary/aromatic N) is 2. The molecule has 2 aromatic rings. The molecule has 1 fully saturated rings. The van der Waals surface area contributed by atoms with Crippen LogP contribution in [0.25, 0.3) is 0 Å². The molecule has 3 nitrogen and oxygen atoms in total. The van der Waals surface area contributed by atoms with Gasteiger partial charge >= 0.3 is 0 Å². The van der Waals surface area contributed by atoms with Gasteiger partial charge < -0.3 is 5.32 Å². The molecule has 0 amide bonds. The van der Waals surface area contributed by atoms with Gasteiger partial charge in [0.25, 0.3) is 0 Å². The highest BCUT2D eigenvalue weighted by Gasteiger charge is 2.42. The summed E-state index contributed by atoms with van der Waals surface area (Å²) in [6, 6.07) is 11.0. The number of rotatable bonds is 4. The van der Waals surface area contributed by atoms with Crippen LogP contribution < -0.4 is 5.32 Å². The summed E-state index contributed by atoms with van der Waals surface area (Å²) in [6.45, 7) is 2.12. The minimum absolute atomic E-state index is 0.296. The van der Waals surface area contributed by atoms with Crippen LogP contribution in [0.3, 0.4) is 0 Å². The SMILES string of the molecule is CNC(C)c1nnc(C2CC2c2ccccc2)s1. The third kappa shape index (κ3) is 2.18. The van der Waals surface area contributed by atoms with Crippen LogP contribution in [0.1, 0.15) is 46.8 Å². The Morgan fingerprint density at radius 1 is 1.22 bits per heavy atom. The molecule has 0 aliphatic heterocycles. The van der Waals surface area contributed by atoms with E-state index < -0.39 is 0 Å². The molecule has 3 unspecified atom stereocenters. The average Bonchev–Trinajstić information content (AvgIpc) is 3.08. The Bertz CT molecular complexity index is 523. The summed E-state index contributed by atoms with van der Waals surface area (Å²) in [5, 5.41) is 14.1. The van der Waals surface area contributed by atoms with Crippen molar-refractivity contribution < 1.29 is 0 Å². The maximum Gasteiger partial charge on any atom is 0.134 e. The Balaban J connectivity index is 1.73. The van der Waals surface area contributed by atoms with Crippen LogP contribution in [0.2, 0.25) is 0 Å². The van der Waals surface area contributed by atoms with Crippen molar-refractivity contribution in [1.82, 2.24) is 15.5 Å². The zero-order valence-corrected chi connectivity index (χ0v) is 11.4. The quantitative estimate of drug-likeness (QED) is 0.917. The first-order valence-electron chi connectivity index (χ1n) is 6.35. The lowest BCUT2D eigenvalue weighted by Crippen LogP contribution is -2.11. The molecule has 0 spiro atoms. The van der Waals surface area contributed by atoms with Crippen molar-refractivity contribution in [3.63, 3.8) is 0 Å². The molecule has 18 heavy (non-hydrogen) atoms. The Morgan fingerprint density at radius 3 is 2.72 bits per heavy atom. The van der Waals surface area contributed by atoms with Gasteiger partial charge in [0.05, 0.1) is 6.04 Å². The molecule has 1 N–H and O–H groups in total. The van der Waals surface area contributed by atoms with Gasteiger partial charge in [0, 0.05) is 5.92 Å². The molecular formula is C14H17N3S. The topological polar surface area (TPSA) is 37.8 Å². The van der Waals surface area contributed by atoms with Crippen molar-refractivity contribution in [2.75, 3.05) is 7.05 Å². The first kappa shape index (κ1) is 11.8. The zero-order chi connectivity index (χ0) is 12.5. The van der Waals surface area contributed by atoms with E-state index in [1.807, 2.05) is 7.05 Å². The molecular weight excluding hydrogens is 242 g/mol. The summed E-state index contributed by atoms with van der Waals surface area (Å²) >= 11 is 1.75. The molecule has 94 valence electrons. The van der Waals surface area contributed by atoms with Gasteiger partial charge in [0.15, 0.2) is 0 Å². The van der Waals surface area contributed by atoms with Gasteiger partial charge in [0.2, 0.25) is 0 Å². The second kappa shape index (κ2) is 4.78. The predicted molar refractivity (Wildman–Crippen MR) is 73.9 cm³/mol. The molecule has 1 aliphatic carbocycles. The van der Waals surface area contributed by atoms with Crippen LogP contribution in [-0.4, -0.2) is 17.2 Å². The number of hydrogen-bond acceptors (Lipinski definition) is 4. The molecule has 4 heteroatoms. The highest BCUT2D eigenvalue weighted by molar-refractivity contribution is 7.11. The molecule has 1 saturated carbocycles. The van der Waals surface area contributed by atoms with E-state index >= 15 is 0 Å². The molecule has 3 atom stereocenters. The highest BCUT2D eigenvalue weighted by atomic mass is 32.1. The van der Waals surface area contributed by atoms with Crippen LogP contribution in [0.15, 0.2) is 30.3 Å². The summed E-state index contributed by atoms with van der Waals surface area (Å²) in [6.07, 6.45) is 1.21. The smallest absolute Gasteiger partial charge is 0.134 e. The van der Waals surface area contributed by atoms with Gasteiger partial charge in [-0.3, -0.25) is 0 Å². The molecule has 0 bridgehead atoms. The first-order chi connectivity index (χ1) is 8.79. The second-order valence-corrected chi connectivity index (χ2v) is 5.89. The minimum atomic E-state index is 0.296. The number of aromatic nitrogens is 2. The summed E-state index contributed by atoms with van der Waals surface area (Å²) in [5.41, 5.74) is 1.43. The second-order valence-electron chi connectivity index (χ2n) is 4.85. The van der Waals surface area contributed by atoms with Gasteiger partial charge in [-0.05, 0) is 31.9 Å². The molecule has 0 radical (unpaired) electrons. The fourth-order valence-corrected chi connectivity index (χ4v) is 3.32. The molecule has 0 saturated heterocycles. The normalized spacial score (nSPS) is 23.9. The van der Waals surface area contributed by atoms with E-state index in [1.165, 1.54) is 17.0 Å². The van der Waals surface area contributed by atoms with Crippen LogP contribution in [-0.2, 0) is 0 Å². The van der Waals surface area contributed by atoms with Crippen LogP contribution >= 0.6 is 11.3 Å². The molecule has 1 heterocycles. The Kier molecular flexibility index (Phi) is 3.14. The van der Waals surface area contributed by atoms with Crippen molar-refractivity contribution in [3.8, 4) is 0 Å². The standard InChI is InChI=1S/C14H17N3S/c1-9(15-2)13-16-17-14(18-13)12-8-11(12)10-6-4-3-5-7-10/h3-7,9,11-12,15H,8H2,1-2H3. The van der Waals surface area contributed by atoms with Crippen molar-refractivity contribution >= 4 is 11.3 Å². The fourth-order valence-electron chi connectivity index (χ4n) is 2.23. The third-order valence-corrected chi connectivity index (χ3v) is 4.83. The van der Waals surface area contributed by atoms with Gasteiger partial charge in [0.1, 0.15) is 10.0 Å². The van der Waals surface area contributed by atoms with Gasteiger partial charge in [-0.25, -0.2) is 0 Å². The Labute approximate surface area is 111 Å². The van der Waals surface area contributed by atoms with E-state index in [-0.39, 0.29) is 0 Å². The molecule has 1 aromatic carbocycles. The lowest BCUT2D eigenvalue weighted by Gasteiger charge is -2.02. The van der Waals surface area contributed by atoms with E-state index in [4.69, 9.17) is 0 Å². The summed E-state index contributed by atoms with van der Waals surface area (Å²) in [5.74, 6) is 1.24. The first-order valence-corrected chi connectivity index (χ1v) is 7.16. The van der Waals surface area contributed by atoms with Crippen molar-refractivity contribution in [2.45, 2.75) is 31.2 Å². The zero-order valence-electron chi connectivity index (χ0n) is 10.6. The Hall–Kier alpha value is -1.26. The number of hydrogen-bond donors (Lipinski definition) is 1. The maximum atomic E-state index is 4.35. The maximum absolute atomic E-state index is 4.35. The van der Waals surface area contributed by atoms with Crippen LogP contribution in [0, 0.1) is 0 Å². The lowest BCUT2D eigenvalue weighted by molar-refractivity contribution is 0.639. The lowest BCUT2D eigenvalue weighted by atomic mass is 10.1. The molecule has 3 rings (SSSR count). The van der Waals surface area contributed by atoms with Crippen molar-refractivity contribution in [1.29, 1.82) is 0 Å². The molecule has 1 aromatic heterocycles. The monoisotopic (exact) mass is 259 g/mol. The summed E-state index contributed by atoms with van der Waals surface area (Å²) < 4.78 is 0. The van der Waals surface area contributed by atoms with E-state index in [9.17, 15) is 0 Å². The third-order valence-electron chi connectivity index (χ3n) is 3.60. The van der Waals surface area contributed by atoms with E-state index in [0.717, 1.165) is 5.01 Å². The molecule has 1 aliphatic rings. The Morgan fingerprint density at radius 2 is 2.00 bits per heavy atom. The van der Waals surface area contributed by atoms with Gasteiger partial charge in [-0.2, -0.15) is 0 Å². The van der Waals surface area contributed by atoms with Crippen molar-refractivity contribution in [2.24, 2.45) is 0 Å². The summed E-state index contributed by atoms with van der Waals surface area (Å²) in [4.78, 5) is 0. The van der Waals surface area contributed by atoms with Crippen molar-refractivity contribution in [3.05, 3.63) is 45.9 Å². The van der Waals surface area contributed by atoms with Gasteiger partial charge in [-0.1, -0.05) is 41.7 Å². The van der Waals surface area contributed by atoms with Crippen LogP contribution in [0.4, 0.5) is 0 Å². The number of benzene rings is 1. The van der Waals surface area contributed by atoms with E-state index in [1.54, 1.807) is 11.3 Å². The summed E-state index contributed by atoms with van der Waals surface area (Å²) in [7, 11) is 1.95. The number of nitrogens with one attached hydrogen (secondary N) is 1. The van der Waals surface area contributed by atoms with Gasteiger partial charge in [-0.15, -0.1) is 10.2 Å². The van der Waals surface area contributed by atoms with Crippen LogP contribution in [0.5, 0.6) is 0 Å². The largest absolute Gasteiger partial charge is 0.311 e. The predicted octanol–water partition coefficient (Wildman–Crippen LogP) is 3.09. The highest BCUT2D eigenvalue weighted by Crippen LogP contribution is 2.55. The minimum Gasteiger partial charge on any atom is -0.311 e. The van der Waals surface area contributed by atoms with E-state index in [2.05, 4.69) is 52.8 Å².